The zero-order valence-corrected chi connectivity index (χ0v) is 22.2. The summed E-state index contributed by atoms with van der Waals surface area (Å²) in [5.41, 5.74) is 3.03. The van der Waals surface area contributed by atoms with Gasteiger partial charge in [0.25, 0.3) is 0 Å². The molecule has 4 aromatic rings. The van der Waals surface area contributed by atoms with E-state index in [4.69, 9.17) is 9.15 Å². The molecule has 0 spiro atoms. The summed E-state index contributed by atoms with van der Waals surface area (Å²) in [6, 6.07) is 10.2. The minimum Gasteiger partial charge on any atom is -0.507 e. The van der Waals surface area contributed by atoms with Crippen LogP contribution in [0, 0.1) is 13.8 Å². The van der Waals surface area contributed by atoms with Gasteiger partial charge in [0, 0.05) is 28.8 Å². The Hall–Kier alpha value is -4.85. The highest BCUT2D eigenvalue weighted by atomic mass is 16.5. The molecule has 39 heavy (non-hydrogen) atoms. The number of methoxy groups -OCH3 is 1. The average Bonchev–Trinajstić information content (AvgIpc) is 2.85. The maximum Gasteiger partial charge on any atom is 0.201 e. The molecule has 200 valence electrons. The van der Waals surface area contributed by atoms with Gasteiger partial charge in [-0.3, -0.25) is 14.4 Å². The molecule has 0 atom stereocenters. The van der Waals surface area contributed by atoms with Crippen LogP contribution in [0.3, 0.4) is 0 Å². The number of benzene rings is 3. The highest BCUT2D eigenvalue weighted by Gasteiger charge is 2.34. The second-order valence-corrected chi connectivity index (χ2v) is 9.55. The highest BCUT2D eigenvalue weighted by Crippen LogP contribution is 2.37. The molecule has 8 heteroatoms. The Kier molecular flexibility index (Phi) is 7.31. The summed E-state index contributed by atoms with van der Waals surface area (Å²) < 4.78 is 11.0. The van der Waals surface area contributed by atoms with Crippen LogP contribution < -0.4 is 10.2 Å². The summed E-state index contributed by atoms with van der Waals surface area (Å²) in [5, 5.41) is 29.9. The number of fused-ring (bicyclic) bond motifs is 3. The molecule has 1 heterocycles. The van der Waals surface area contributed by atoms with Crippen LogP contribution in [0.2, 0.25) is 0 Å². The smallest absolute Gasteiger partial charge is 0.201 e. The lowest BCUT2D eigenvalue weighted by Gasteiger charge is -2.19. The summed E-state index contributed by atoms with van der Waals surface area (Å²) in [5.74, 6) is -0.468. The van der Waals surface area contributed by atoms with Crippen LogP contribution in [-0.2, 0) is 6.42 Å². The first-order chi connectivity index (χ1) is 18.4. The van der Waals surface area contributed by atoms with Gasteiger partial charge in [-0.15, -0.1) is 0 Å². The Morgan fingerprint density at radius 3 is 2.23 bits per heavy atom. The lowest BCUT2D eigenvalue weighted by Crippen LogP contribution is -2.21. The van der Waals surface area contributed by atoms with Crippen LogP contribution in [0.5, 0.6) is 23.0 Å². The average molecular weight is 529 g/mol. The van der Waals surface area contributed by atoms with E-state index in [0.29, 0.717) is 29.1 Å². The van der Waals surface area contributed by atoms with Gasteiger partial charge >= 0.3 is 0 Å². The fourth-order valence-corrected chi connectivity index (χ4v) is 4.57. The molecule has 0 amide bonds. The minimum atomic E-state index is -0.528. The van der Waals surface area contributed by atoms with Gasteiger partial charge in [0.2, 0.25) is 5.78 Å². The molecular formula is C31H28O8. The van der Waals surface area contributed by atoms with E-state index in [-0.39, 0.29) is 56.1 Å². The fraction of sp³-hybridized carbons (Fsp3) is 0.194. The fourth-order valence-electron chi connectivity index (χ4n) is 4.57. The van der Waals surface area contributed by atoms with Crippen LogP contribution >= 0.6 is 0 Å². The summed E-state index contributed by atoms with van der Waals surface area (Å²) in [6.45, 7) is 7.44. The Morgan fingerprint density at radius 1 is 0.872 bits per heavy atom. The van der Waals surface area contributed by atoms with Gasteiger partial charge < -0.3 is 24.5 Å². The normalized spacial score (nSPS) is 11.8. The third-order valence-corrected chi connectivity index (χ3v) is 6.35. The Balaban J connectivity index is 0.000000181. The number of carbonyl (C=O) groups excluding carboxylic acids is 2. The molecule has 1 aliphatic carbocycles. The SMILES string of the molecule is COc1cc(O)c2c(=O)cc(C)oc2c1CC=C(C)C.Cc1cc(O)c2c(c1)C(=O)c1cccc(O)c1C2=O. The van der Waals surface area contributed by atoms with Crippen molar-refractivity contribution in [1.29, 1.82) is 0 Å². The van der Waals surface area contributed by atoms with Crippen LogP contribution in [0.15, 0.2) is 63.3 Å². The number of phenolic OH excluding ortho intramolecular Hbond substituents is 3. The first kappa shape index (κ1) is 27.2. The van der Waals surface area contributed by atoms with E-state index in [1.165, 1.54) is 43.5 Å². The molecular weight excluding hydrogens is 500 g/mol. The summed E-state index contributed by atoms with van der Waals surface area (Å²) >= 11 is 0. The van der Waals surface area contributed by atoms with Crippen molar-refractivity contribution in [3.8, 4) is 23.0 Å². The van der Waals surface area contributed by atoms with E-state index < -0.39 is 5.78 Å². The molecule has 0 fully saturated rings. The molecule has 0 saturated heterocycles. The molecule has 8 nitrogen and oxygen atoms in total. The molecule has 0 bridgehead atoms. The molecule has 0 saturated carbocycles. The third-order valence-electron chi connectivity index (χ3n) is 6.35. The van der Waals surface area contributed by atoms with Crippen molar-refractivity contribution in [2.75, 3.05) is 7.11 Å². The number of hydrogen-bond donors (Lipinski definition) is 3. The lowest BCUT2D eigenvalue weighted by molar-refractivity contribution is 0.0974. The molecule has 0 aliphatic heterocycles. The van der Waals surface area contributed by atoms with E-state index in [2.05, 4.69) is 0 Å². The van der Waals surface area contributed by atoms with Crippen LogP contribution in [-0.4, -0.2) is 34.0 Å². The highest BCUT2D eigenvalue weighted by molar-refractivity contribution is 6.30. The van der Waals surface area contributed by atoms with Crippen molar-refractivity contribution in [3.63, 3.8) is 0 Å². The number of ketones is 2. The predicted molar refractivity (Wildman–Crippen MR) is 146 cm³/mol. The summed E-state index contributed by atoms with van der Waals surface area (Å²) in [6.07, 6.45) is 2.60. The number of aryl methyl sites for hydroxylation is 2. The Morgan fingerprint density at radius 2 is 1.56 bits per heavy atom. The molecule has 1 aliphatic rings. The van der Waals surface area contributed by atoms with Gasteiger partial charge in [0.1, 0.15) is 39.7 Å². The van der Waals surface area contributed by atoms with Gasteiger partial charge in [0.15, 0.2) is 11.2 Å². The maximum absolute atomic E-state index is 12.3. The van der Waals surface area contributed by atoms with Gasteiger partial charge in [-0.25, -0.2) is 0 Å². The predicted octanol–water partition coefficient (Wildman–Crippen LogP) is 5.51. The molecule has 0 unspecified atom stereocenters. The zero-order valence-electron chi connectivity index (χ0n) is 22.2. The van der Waals surface area contributed by atoms with Crippen molar-refractivity contribution in [2.24, 2.45) is 0 Å². The van der Waals surface area contributed by atoms with Gasteiger partial charge in [-0.2, -0.15) is 0 Å². The minimum absolute atomic E-state index is 0.0374. The quantitative estimate of drug-likeness (QED) is 0.261. The van der Waals surface area contributed by atoms with E-state index in [9.17, 15) is 29.7 Å². The molecule has 3 aromatic carbocycles. The van der Waals surface area contributed by atoms with E-state index in [0.717, 1.165) is 11.1 Å². The first-order valence-corrected chi connectivity index (χ1v) is 12.2. The molecule has 1 aromatic heterocycles. The van der Waals surface area contributed by atoms with Crippen LogP contribution in [0.4, 0.5) is 0 Å². The molecule has 0 radical (unpaired) electrons. The van der Waals surface area contributed by atoms with Crippen LogP contribution in [0.25, 0.3) is 11.0 Å². The van der Waals surface area contributed by atoms with Crippen molar-refractivity contribution < 1.29 is 34.1 Å². The van der Waals surface area contributed by atoms with Crippen molar-refractivity contribution in [2.45, 2.75) is 34.1 Å². The summed E-state index contributed by atoms with van der Waals surface area (Å²) in [7, 11) is 1.53. The lowest BCUT2D eigenvalue weighted by atomic mass is 9.82. The third kappa shape index (κ3) is 5.01. The molecule has 5 rings (SSSR count). The van der Waals surface area contributed by atoms with E-state index >= 15 is 0 Å². The summed E-state index contributed by atoms with van der Waals surface area (Å²) in [4.78, 5) is 36.7. The maximum atomic E-state index is 12.3. The van der Waals surface area contributed by atoms with E-state index in [1.807, 2.05) is 19.9 Å². The number of allylic oxidation sites excluding steroid dienone is 2. The number of ether oxygens (including phenoxy) is 1. The standard InChI is InChI=1S/C16H18O4.C15H10O4/c1-9(2)5-6-11-14(19-4)8-13(18)15-12(17)7-10(3)20-16(11)15;1-7-5-9-13(11(17)6-7)15(19)12-8(14(9)18)3-2-4-10(12)16/h5,7-8,18H,6H2,1-4H3;2-6,16-17H,1H3. The van der Waals surface area contributed by atoms with Gasteiger partial charge in [-0.05, 0) is 57.9 Å². The first-order valence-electron chi connectivity index (χ1n) is 12.2. The number of aromatic hydroxyl groups is 3. The van der Waals surface area contributed by atoms with Crippen molar-refractivity contribution in [1.82, 2.24) is 0 Å². The number of hydrogen-bond acceptors (Lipinski definition) is 8. The second kappa shape index (κ2) is 10.5. The van der Waals surface area contributed by atoms with Crippen molar-refractivity contribution >= 4 is 22.5 Å². The zero-order chi connectivity index (χ0) is 28.6. The molecule has 3 N–H and O–H groups in total. The largest absolute Gasteiger partial charge is 0.507 e. The Labute approximate surface area is 224 Å². The van der Waals surface area contributed by atoms with Crippen LogP contribution in [0.1, 0.15) is 62.6 Å². The van der Waals surface area contributed by atoms with E-state index in [1.54, 1.807) is 19.9 Å². The van der Waals surface area contributed by atoms with Gasteiger partial charge in [-0.1, -0.05) is 23.8 Å². The Bertz CT molecular complexity index is 1740. The number of rotatable bonds is 3. The van der Waals surface area contributed by atoms with Gasteiger partial charge in [0.05, 0.1) is 18.2 Å². The van der Waals surface area contributed by atoms with Crippen molar-refractivity contribution in [3.05, 3.63) is 103 Å². The second-order valence-electron chi connectivity index (χ2n) is 9.55. The number of phenols is 3. The topological polar surface area (TPSA) is 134 Å². The number of carbonyl (C=O) groups is 2. The monoisotopic (exact) mass is 528 g/mol.